The maximum absolute atomic E-state index is 12.4. The lowest BCUT2D eigenvalue weighted by Gasteiger charge is -2.08. The Kier molecular flexibility index (Phi) is 4.96. The second kappa shape index (κ2) is 6.72. The van der Waals surface area contributed by atoms with Gasteiger partial charge in [0.1, 0.15) is 0 Å². The molecule has 114 valence electrons. The summed E-state index contributed by atoms with van der Waals surface area (Å²) in [5.41, 5.74) is -0.579. The van der Waals surface area contributed by atoms with Crippen molar-refractivity contribution in [1.82, 2.24) is 9.13 Å². The predicted octanol–water partition coefficient (Wildman–Crippen LogP) is -0.0242. The van der Waals surface area contributed by atoms with Gasteiger partial charge in [-0.25, -0.2) is 4.79 Å². The molecule has 1 aromatic heterocycles. The normalized spacial score (nSPS) is 19.7. The van der Waals surface area contributed by atoms with E-state index in [0.717, 1.165) is 19.4 Å². The van der Waals surface area contributed by atoms with E-state index in [-0.39, 0.29) is 17.4 Å². The summed E-state index contributed by atoms with van der Waals surface area (Å²) in [6.45, 7) is 9.19. The summed E-state index contributed by atoms with van der Waals surface area (Å²) < 4.78 is 8.26. The van der Waals surface area contributed by atoms with Crippen molar-refractivity contribution >= 4 is 12.7 Å². The van der Waals surface area contributed by atoms with Crippen molar-refractivity contribution in [3.05, 3.63) is 43.6 Å². The zero-order valence-electron chi connectivity index (χ0n) is 12.7. The third-order valence-corrected chi connectivity index (χ3v) is 3.76. The number of allylic oxidation sites excluding steroid dienone is 1. The Labute approximate surface area is 123 Å². The molecule has 1 aliphatic rings. The van der Waals surface area contributed by atoms with E-state index in [9.17, 15) is 9.59 Å². The Hall–Kier alpha value is -1.88. The van der Waals surface area contributed by atoms with Crippen LogP contribution in [0.15, 0.2) is 21.7 Å². The van der Waals surface area contributed by atoms with Crippen LogP contribution in [-0.2, 0) is 17.8 Å². The van der Waals surface area contributed by atoms with Crippen LogP contribution in [-0.4, -0.2) is 21.8 Å². The number of aromatic nitrogens is 2. The Morgan fingerprint density at radius 2 is 2.00 bits per heavy atom. The van der Waals surface area contributed by atoms with Crippen molar-refractivity contribution < 1.29 is 4.74 Å². The molecule has 0 spiro atoms. The second-order valence-corrected chi connectivity index (χ2v) is 5.04. The highest BCUT2D eigenvalue weighted by Crippen LogP contribution is 2.12. The molecule has 0 aliphatic carbocycles. The van der Waals surface area contributed by atoms with Gasteiger partial charge in [-0.3, -0.25) is 13.9 Å². The van der Waals surface area contributed by atoms with Crippen LogP contribution in [0.25, 0.3) is 12.7 Å². The van der Waals surface area contributed by atoms with Crippen molar-refractivity contribution in [2.45, 2.75) is 45.9 Å². The number of hydrogen-bond acceptors (Lipinski definition) is 3. The molecule has 0 bridgehead atoms. The van der Waals surface area contributed by atoms with Crippen LogP contribution in [0.4, 0.5) is 0 Å². The average Bonchev–Trinajstić information content (AvgIpc) is 2.97. The monoisotopic (exact) mass is 290 g/mol. The smallest absolute Gasteiger partial charge is 0.331 e. The molecule has 0 radical (unpaired) electrons. The molecule has 5 nitrogen and oxygen atoms in total. The molecule has 2 rings (SSSR count). The van der Waals surface area contributed by atoms with Gasteiger partial charge in [0, 0.05) is 19.7 Å². The zero-order chi connectivity index (χ0) is 15.4. The van der Waals surface area contributed by atoms with E-state index in [4.69, 9.17) is 4.74 Å². The molecule has 5 heteroatoms. The summed E-state index contributed by atoms with van der Waals surface area (Å²) in [5.74, 6) is 0. The lowest BCUT2D eigenvalue weighted by Crippen LogP contribution is -2.57. The van der Waals surface area contributed by atoms with Crippen LogP contribution in [0.3, 0.4) is 0 Å². The fourth-order valence-corrected chi connectivity index (χ4v) is 2.56. The van der Waals surface area contributed by atoms with E-state index in [0.29, 0.717) is 23.7 Å². The maximum atomic E-state index is 12.4. The quantitative estimate of drug-likeness (QED) is 0.783. The molecule has 1 aromatic rings. The fourth-order valence-electron chi connectivity index (χ4n) is 2.56. The summed E-state index contributed by atoms with van der Waals surface area (Å²) in [6, 6.07) is 0. The lowest BCUT2D eigenvalue weighted by molar-refractivity contribution is 0.145. The van der Waals surface area contributed by atoms with E-state index in [1.807, 2.05) is 19.1 Å². The van der Waals surface area contributed by atoms with E-state index in [1.54, 1.807) is 13.0 Å². The SMILES string of the molecule is C=c1/c(=C/C=C/C2CCCO2)c(=O)n(CC)c(=O)n1CC. The Morgan fingerprint density at radius 3 is 2.57 bits per heavy atom. The van der Waals surface area contributed by atoms with Crippen LogP contribution < -0.4 is 21.8 Å². The van der Waals surface area contributed by atoms with Gasteiger partial charge in [0.15, 0.2) is 0 Å². The van der Waals surface area contributed by atoms with Crippen molar-refractivity contribution in [3.8, 4) is 0 Å². The van der Waals surface area contributed by atoms with Gasteiger partial charge in [0.2, 0.25) is 0 Å². The molecule has 1 aliphatic heterocycles. The van der Waals surface area contributed by atoms with Gasteiger partial charge >= 0.3 is 5.69 Å². The molecule has 0 aromatic carbocycles. The summed E-state index contributed by atoms with van der Waals surface area (Å²) in [4.78, 5) is 24.5. The summed E-state index contributed by atoms with van der Waals surface area (Å²) in [7, 11) is 0. The number of ether oxygens (including phenoxy) is 1. The molecule has 0 amide bonds. The number of hydrogen-bond donors (Lipinski definition) is 0. The third-order valence-electron chi connectivity index (χ3n) is 3.76. The standard InChI is InChI=1S/C16H22N2O3/c1-4-17-12(3)14(15(19)18(5-2)16(17)20)10-6-8-13-9-7-11-21-13/h6,8,10,13H,3-5,7,9,11H2,1-2H3/b8-6+,14-10-. The van der Waals surface area contributed by atoms with E-state index in [1.165, 1.54) is 9.13 Å². The first kappa shape index (κ1) is 15.5. The van der Waals surface area contributed by atoms with E-state index >= 15 is 0 Å². The first-order chi connectivity index (χ1) is 10.1. The molecule has 1 fully saturated rings. The largest absolute Gasteiger partial charge is 0.374 e. The minimum Gasteiger partial charge on any atom is -0.374 e. The molecule has 1 atom stereocenters. The summed E-state index contributed by atoms with van der Waals surface area (Å²) in [6.07, 6.45) is 7.70. The molecule has 0 N–H and O–H groups in total. The van der Waals surface area contributed by atoms with Crippen LogP contribution in [0.5, 0.6) is 0 Å². The Bertz CT molecular complexity index is 704. The first-order valence-electron chi connectivity index (χ1n) is 7.42. The minimum absolute atomic E-state index is 0.125. The predicted molar refractivity (Wildman–Crippen MR) is 83.7 cm³/mol. The van der Waals surface area contributed by atoms with Crippen LogP contribution in [0.1, 0.15) is 26.7 Å². The van der Waals surface area contributed by atoms with Crippen LogP contribution in [0, 0.1) is 0 Å². The maximum Gasteiger partial charge on any atom is 0.331 e. The van der Waals surface area contributed by atoms with E-state index < -0.39 is 0 Å². The van der Waals surface area contributed by atoms with Crippen molar-refractivity contribution in [1.29, 1.82) is 0 Å². The van der Waals surface area contributed by atoms with Gasteiger partial charge in [0.25, 0.3) is 5.56 Å². The van der Waals surface area contributed by atoms with E-state index in [2.05, 4.69) is 6.58 Å². The minimum atomic E-state index is -0.296. The molecule has 0 saturated carbocycles. The van der Waals surface area contributed by atoms with Gasteiger partial charge < -0.3 is 4.74 Å². The van der Waals surface area contributed by atoms with Crippen LogP contribution in [0.2, 0.25) is 0 Å². The molecule has 1 unspecified atom stereocenters. The summed E-state index contributed by atoms with van der Waals surface area (Å²) in [5, 5.41) is 0.932. The molecule has 21 heavy (non-hydrogen) atoms. The molecular formula is C16H22N2O3. The first-order valence-corrected chi connectivity index (χ1v) is 7.42. The van der Waals surface area contributed by atoms with Gasteiger partial charge in [-0.15, -0.1) is 0 Å². The molecule has 2 heterocycles. The van der Waals surface area contributed by atoms with Crippen LogP contribution >= 0.6 is 0 Å². The average molecular weight is 290 g/mol. The highest BCUT2D eigenvalue weighted by Gasteiger charge is 2.11. The summed E-state index contributed by atoms with van der Waals surface area (Å²) >= 11 is 0. The lowest BCUT2D eigenvalue weighted by atomic mass is 10.2. The second-order valence-electron chi connectivity index (χ2n) is 5.04. The Morgan fingerprint density at radius 1 is 1.29 bits per heavy atom. The molecule has 1 saturated heterocycles. The number of rotatable bonds is 4. The zero-order valence-corrected chi connectivity index (χ0v) is 12.7. The fraction of sp³-hybridized carbons (Fsp3) is 0.500. The van der Waals surface area contributed by atoms with Gasteiger partial charge in [-0.2, -0.15) is 0 Å². The topological polar surface area (TPSA) is 53.2 Å². The van der Waals surface area contributed by atoms with Gasteiger partial charge in [0.05, 0.1) is 16.7 Å². The van der Waals surface area contributed by atoms with Gasteiger partial charge in [-0.05, 0) is 32.8 Å². The molecular weight excluding hydrogens is 268 g/mol. The number of nitrogens with zero attached hydrogens (tertiary/aromatic N) is 2. The highest BCUT2D eigenvalue weighted by atomic mass is 16.5. The van der Waals surface area contributed by atoms with Gasteiger partial charge in [-0.1, -0.05) is 18.7 Å². The van der Waals surface area contributed by atoms with Crippen molar-refractivity contribution in [3.63, 3.8) is 0 Å². The highest BCUT2D eigenvalue weighted by molar-refractivity contribution is 5.36. The van der Waals surface area contributed by atoms with Crippen molar-refractivity contribution in [2.75, 3.05) is 6.61 Å². The third kappa shape index (κ3) is 3.08. The van der Waals surface area contributed by atoms with Crippen molar-refractivity contribution in [2.24, 2.45) is 0 Å². The Balaban J connectivity index is 2.55.